The zero-order valence-corrected chi connectivity index (χ0v) is 18.0. The topological polar surface area (TPSA) is 40.1 Å². The summed E-state index contributed by atoms with van der Waals surface area (Å²) < 4.78 is 6.21. The van der Waals surface area contributed by atoms with Gasteiger partial charge in [0, 0.05) is 12.8 Å². The number of para-hydroxylation sites is 1. The van der Waals surface area contributed by atoms with Crippen molar-refractivity contribution in [1.82, 2.24) is 19.3 Å². The molecule has 0 bridgehead atoms. The number of thiazole rings is 1. The van der Waals surface area contributed by atoms with Gasteiger partial charge in [-0.15, -0.1) is 11.3 Å². The molecule has 29 heavy (non-hydrogen) atoms. The first-order valence-electron chi connectivity index (χ1n) is 10.1. The molecule has 1 aliphatic heterocycles. The zero-order valence-electron chi connectivity index (χ0n) is 16.4. The minimum Gasteiger partial charge on any atom is -0.308 e. The van der Waals surface area contributed by atoms with Crippen molar-refractivity contribution in [3.05, 3.63) is 75.8 Å². The highest BCUT2D eigenvalue weighted by atomic mass is 32.1. The van der Waals surface area contributed by atoms with E-state index < -0.39 is 0 Å². The zero-order chi connectivity index (χ0) is 19.8. The van der Waals surface area contributed by atoms with E-state index in [-0.39, 0.29) is 0 Å². The fourth-order valence-electron chi connectivity index (χ4n) is 4.23. The van der Waals surface area contributed by atoms with Crippen molar-refractivity contribution in [2.45, 2.75) is 39.0 Å². The Balaban J connectivity index is 1.39. The van der Waals surface area contributed by atoms with Crippen LogP contribution in [0.1, 0.15) is 35.3 Å². The lowest BCUT2D eigenvalue weighted by Gasteiger charge is -2.19. The molecule has 148 valence electrons. The molecule has 0 aliphatic carbocycles. The number of benzene rings is 2. The summed E-state index contributed by atoms with van der Waals surface area (Å²) in [7, 11) is 0. The molecule has 0 radical (unpaired) electrons. The SMILES string of the molecule is Cc1nn(C[NH+]2CCC[C@@H]2c2nc3ccccc3s2)c(=S)n1Cc1ccccc1. The summed E-state index contributed by atoms with van der Waals surface area (Å²) in [6.07, 6.45) is 2.39. The smallest absolute Gasteiger partial charge is 0.203 e. The number of hydrogen-bond donors (Lipinski definition) is 1. The highest BCUT2D eigenvalue weighted by Gasteiger charge is 2.33. The molecule has 3 heterocycles. The molecule has 5 nitrogen and oxygen atoms in total. The fraction of sp³-hybridized carbons (Fsp3) is 0.318. The van der Waals surface area contributed by atoms with Gasteiger partial charge in [-0.3, -0.25) is 4.57 Å². The maximum absolute atomic E-state index is 5.79. The average molecular weight is 423 g/mol. The van der Waals surface area contributed by atoms with Gasteiger partial charge in [0.25, 0.3) is 0 Å². The largest absolute Gasteiger partial charge is 0.308 e. The number of aromatic nitrogens is 4. The third kappa shape index (κ3) is 3.66. The van der Waals surface area contributed by atoms with E-state index in [1.54, 1.807) is 0 Å². The first-order chi connectivity index (χ1) is 14.2. The molecular weight excluding hydrogens is 398 g/mol. The lowest BCUT2D eigenvalue weighted by molar-refractivity contribution is -0.941. The normalized spacial score (nSPS) is 19.2. The van der Waals surface area contributed by atoms with Crippen molar-refractivity contribution in [2.24, 2.45) is 0 Å². The summed E-state index contributed by atoms with van der Waals surface area (Å²) in [5.74, 6) is 0.967. The van der Waals surface area contributed by atoms with Crippen molar-refractivity contribution in [1.29, 1.82) is 0 Å². The van der Waals surface area contributed by atoms with Crippen LogP contribution in [0.2, 0.25) is 0 Å². The number of likely N-dealkylation sites (tertiary alicyclic amines) is 1. The molecule has 2 aromatic heterocycles. The van der Waals surface area contributed by atoms with Crippen molar-refractivity contribution >= 4 is 33.8 Å². The molecule has 4 aromatic rings. The highest BCUT2D eigenvalue weighted by molar-refractivity contribution is 7.71. The van der Waals surface area contributed by atoms with E-state index in [1.807, 2.05) is 29.0 Å². The Hall–Kier alpha value is -2.35. The molecule has 1 saturated heterocycles. The summed E-state index contributed by atoms with van der Waals surface area (Å²) >= 11 is 7.62. The van der Waals surface area contributed by atoms with Crippen LogP contribution in [0.25, 0.3) is 10.2 Å². The standard InChI is InChI=1S/C22H23N5S2/c1-16-24-27(22(28)26(16)14-17-8-3-2-4-9-17)15-25-13-7-11-19(25)21-23-18-10-5-6-12-20(18)29-21/h2-6,8-10,12,19H,7,11,13-15H2,1H3/p+1/t19-/m1/s1. The first kappa shape index (κ1) is 18.7. The predicted molar refractivity (Wildman–Crippen MR) is 119 cm³/mol. The maximum atomic E-state index is 5.79. The summed E-state index contributed by atoms with van der Waals surface area (Å²) in [6, 6.07) is 19.3. The van der Waals surface area contributed by atoms with Crippen LogP contribution in [0.4, 0.5) is 0 Å². The Morgan fingerprint density at radius 2 is 1.93 bits per heavy atom. The van der Waals surface area contributed by atoms with Crippen molar-refractivity contribution in [2.75, 3.05) is 6.54 Å². The Morgan fingerprint density at radius 3 is 2.76 bits per heavy atom. The van der Waals surface area contributed by atoms with Gasteiger partial charge in [-0.1, -0.05) is 42.5 Å². The lowest BCUT2D eigenvalue weighted by Crippen LogP contribution is -3.09. The van der Waals surface area contributed by atoms with Crippen molar-refractivity contribution < 1.29 is 4.90 Å². The van der Waals surface area contributed by atoms with E-state index in [0.29, 0.717) is 6.04 Å². The van der Waals surface area contributed by atoms with Crippen molar-refractivity contribution in [3.63, 3.8) is 0 Å². The number of aryl methyl sites for hydroxylation is 1. The lowest BCUT2D eigenvalue weighted by atomic mass is 10.2. The second-order valence-corrected chi connectivity index (χ2v) is 9.11. The first-order valence-corrected chi connectivity index (χ1v) is 11.3. The molecular formula is C22H24N5S2+. The molecule has 1 aliphatic rings. The molecule has 0 spiro atoms. The summed E-state index contributed by atoms with van der Waals surface area (Å²) in [6.45, 7) is 4.73. The summed E-state index contributed by atoms with van der Waals surface area (Å²) in [5, 5.41) is 6.02. The van der Waals surface area contributed by atoms with Gasteiger partial charge in [-0.2, -0.15) is 9.78 Å². The third-order valence-electron chi connectivity index (χ3n) is 5.74. The number of fused-ring (bicyclic) bond motifs is 1. The summed E-state index contributed by atoms with van der Waals surface area (Å²) in [5.41, 5.74) is 2.35. The van der Waals surface area contributed by atoms with E-state index >= 15 is 0 Å². The van der Waals surface area contributed by atoms with Gasteiger partial charge >= 0.3 is 0 Å². The second kappa shape index (κ2) is 7.82. The van der Waals surface area contributed by atoms with Crippen LogP contribution in [0.15, 0.2) is 54.6 Å². The molecule has 7 heteroatoms. The number of hydrogen-bond acceptors (Lipinski definition) is 4. The molecule has 5 rings (SSSR count). The monoisotopic (exact) mass is 422 g/mol. The van der Waals surface area contributed by atoms with Crippen LogP contribution in [0.3, 0.4) is 0 Å². The van der Waals surface area contributed by atoms with Gasteiger partial charge in [0.15, 0.2) is 11.7 Å². The second-order valence-electron chi connectivity index (χ2n) is 7.68. The Labute approximate surface area is 179 Å². The van der Waals surface area contributed by atoms with E-state index in [0.717, 1.165) is 35.9 Å². The number of nitrogens with zero attached hydrogens (tertiary/aromatic N) is 4. The van der Waals surface area contributed by atoms with Crippen LogP contribution in [-0.2, 0) is 13.2 Å². The minimum atomic E-state index is 0.425. The van der Waals surface area contributed by atoms with Gasteiger partial charge in [0.2, 0.25) is 4.77 Å². The molecule has 0 amide bonds. The van der Waals surface area contributed by atoms with Gasteiger partial charge in [0.1, 0.15) is 11.9 Å². The van der Waals surface area contributed by atoms with Gasteiger partial charge < -0.3 is 4.90 Å². The fourth-order valence-corrected chi connectivity index (χ4v) is 5.69. The van der Waals surface area contributed by atoms with E-state index in [4.69, 9.17) is 22.3 Å². The molecule has 0 saturated carbocycles. The number of nitrogens with one attached hydrogen (secondary N) is 1. The Kier molecular flexibility index (Phi) is 5.03. The van der Waals surface area contributed by atoms with Crippen LogP contribution in [0, 0.1) is 11.7 Å². The van der Waals surface area contributed by atoms with Gasteiger partial charge in [-0.25, -0.2) is 4.98 Å². The maximum Gasteiger partial charge on any atom is 0.203 e. The van der Waals surface area contributed by atoms with E-state index in [2.05, 4.69) is 53.1 Å². The van der Waals surface area contributed by atoms with Crippen LogP contribution < -0.4 is 4.90 Å². The van der Waals surface area contributed by atoms with E-state index in [9.17, 15) is 0 Å². The molecule has 2 aromatic carbocycles. The minimum absolute atomic E-state index is 0.425. The molecule has 1 N–H and O–H groups in total. The molecule has 2 atom stereocenters. The van der Waals surface area contributed by atoms with Crippen LogP contribution >= 0.6 is 23.6 Å². The predicted octanol–water partition coefficient (Wildman–Crippen LogP) is 3.76. The molecule has 1 unspecified atom stereocenters. The highest BCUT2D eigenvalue weighted by Crippen LogP contribution is 2.28. The Bertz CT molecular complexity index is 1160. The molecule has 1 fully saturated rings. The quantitative estimate of drug-likeness (QED) is 0.498. The third-order valence-corrected chi connectivity index (χ3v) is 7.32. The number of rotatable bonds is 5. The summed E-state index contributed by atoms with van der Waals surface area (Å²) in [4.78, 5) is 6.43. The Morgan fingerprint density at radius 1 is 1.14 bits per heavy atom. The van der Waals surface area contributed by atoms with Gasteiger partial charge in [-0.05, 0) is 36.8 Å². The van der Waals surface area contributed by atoms with Crippen LogP contribution in [0.5, 0.6) is 0 Å². The van der Waals surface area contributed by atoms with Crippen LogP contribution in [-0.4, -0.2) is 25.9 Å². The van der Waals surface area contributed by atoms with E-state index in [1.165, 1.54) is 33.0 Å². The van der Waals surface area contributed by atoms with Gasteiger partial charge in [0.05, 0.1) is 23.3 Å². The van der Waals surface area contributed by atoms with Crippen molar-refractivity contribution in [3.8, 4) is 0 Å². The number of quaternary nitrogens is 1. The average Bonchev–Trinajstić information content (AvgIpc) is 3.43.